The van der Waals surface area contributed by atoms with Gasteiger partial charge in [0, 0.05) is 42.8 Å². The molecule has 1 aromatic heterocycles. The van der Waals surface area contributed by atoms with Crippen molar-refractivity contribution in [3.63, 3.8) is 0 Å². The Labute approximate surface area is 167 Å². The minimum atomic E-state index is 0.121. The summed E-state index contributed by atoms with van der Waals surface area (Å²) in [6.45, 7) is 12.8. The Morgan fingerprint density at radius 3 is 2.52 bits per heavy atom. The Kier molecular flexibility index (Phi) is 5.28. The third kappa shape index (κ3) is 4.05. The van der Waals surface area contributed by atoms with Crippen LogP contribution in [0.4, 0.5) is 11.5 Å². The van der Waals surface area contributed by atoms with E-state index >= 15 is 0 Å². The number of piperazine rings is 1. The molecule has 146 valence electrons. The first-order chi connectivity index (χ1) is 12.9. The standard InChI is InChI=1S/C21H29ClN4O/c1-15-19(10-16(22)11-21(15,2)3)24-20-5-4-17(12-23-20)25-6-8-26(9-7-25)18-13-27-14-18/h4-5,10,12,15,18H,6-9,11,13-14H2,1-3H3. The van der Waals surface area contributed by atoms with E-state index in [-0.39, 0.29) is 5.41 Å². The van der Waals surface area contributed by atoms with E-state index in [1.54, 1.807) is 0 Å². The molecule has 1 aromatic rings. The Morgan fingerprint density at radius 2 is 1.93 bits per heavy atom. The van der Waals surface area contributed by atoms with Crippen molar-refractivity contribution in [1.29, 1.82) is 0 Å². The van der Waals surface area contributed by atoms with Crippen LogP contribution in [0.25, 0.3) is 0 Å². The number of nitrogens with zero attached hydrogens (tertiary/aromatic N) is 4. The second-order valence-corrected chi connectivity index (χ2v) is 9.09. The van der Waals surface area contributed by atoms with Crippen molar-refractivity contribution >= 4 is 28.8 Å². The minimum absolute atomic E-state index is 0.121. The molecule has 2 aliphatic heterocycles. The molecule has 1 atom stereocenters. The number of anilines is 1. The van der Waals surface area contributed by atoms with Crippen molar-refractivity contribution in [1.82, 2.24) is 9.88 Å². The molecule has 27 heavy (non-hydrogen) atoms. The highest BCUT2D eigenvalue weighted by atomic mass is 35.5. The maximum atomic E-state index is 6.34. The van der Waals surface area contributed by atoms with E-state index in [0.29, 0.717) is 12.0 Å². The van der Waals surface area contributed by atoms with Crippen LogP contribution >= 0.6 is 11.6 Å². The zero-order valence-electron chi connectivity index (χ0n) is 16.5. The Morgan fingerprint density at radius 1 is 1.19 bits per heavy atom. The predicted molar refractivity (Wildman–Crippen MR) is 111 cm³/mol. The fraction of sp³-hybridized carbons (Fsp3) is 0.619. The van der Waals surface area contributed by atoms with Gasteiger partial charge >= 0.3 is 0 Å². The lowest BCUT2D eigenvalue weighted by atomic mass is 9.71. The summed E-state index contributed by atoms with van der Waals surface area (Å²) >= 11 is 6.34. The molecule has 2 fully saturated rings. The molecule has 0 radical (unpaired) electrons. The summed E-state index contributed by atoms with van der Waals surface area (Å²) in [6, 6.07) is 4.79. The Hall–Kier alpha value is -1.43. The highest BCUT2D eigenvalue weighted by molar-refractivity contribution is 6.31. The number of allylic oxidation sites excluding steroid dienone is 2. The molecule has 1 aliphatic carbocycles. The van der Waals surface area contributed by atoms with Crippen LogP contribution in [0.3, 0.4) is 0 Å². The van der Waals surface area contributed by atoms with Gasteiger partial charge in [-0.1, -0.05) is 32.4 Å². The van der Waals surface area contributed by atoms with Gasteiger partial charge in [0.15, 0.2) is 5.82 Å². The number of halogens is 1. The maximum absolute atomic E-state index is 6.34. The molecular formula is C21H29ClN4O. The molecule has 0 bridgehead atoms. The number of pyridine rings is 1. The number of ether oxygens (including phenoxy) is 1. The van der Waals surface area contributed by atoms with E-state index in [1.165, 1.54) is 5.69 Å². The molecule has 4 rings (SSSR count). The molecule has 0 amide bonds. The second kappa shape index (κ2) is 7.53. The molecule has 0 spiro atoms. The normalized spacial score (nSPS) is 28.1. The minimum Gasteiger partial charge on any atom is -0.378 e. The Bertz CT molecular complexity index is 731. The van der Waals surface area contributed by atoms with Crippen LogP contribution in [-0.2, 0) is 4.74 Å². The van der Waals surface area contributed by atoms with Crippen LogP contribution in [0, 0.1) is 11.3 Å². The second-order valence-electron chi connectivity index (χ2n) is 8.60. The van der Waals surface area contributed by atoms with Crippen LogP contribution < -0.4 is 4.90 Å². The summed E-state index contributed by atoms with van der Waals surface area (Å²) in [7, 11) is 0. The van der Waals surface area contributed by atoms with Crippen LogP contribution in [0.5, 0.6) is 0 Å². The highest BCUT2D eigenvalue weighted by Crippen LogP contribution is 2.40. The van der Waals surface area contributed by atoms with E-state index in [2.05, 4.69) is 41.6 Å². The van der Waals surface area contributed by atoms with E-state index < -0.39 is 0 Å². The van der Waals surface area contributed by atoms with Crippen molar-refractivity contribution < 1.29 is 4.74 Å². The molecule has 1 unspecified atom stereocenters. The third-order valence-corrected chi connectivity index (χ3v) is 6.58. The third-order valence-electron chi connectivity index (χ3n) is 6.34. The molecule has 0 N–H and O–H groups in total. The number of hydrogen-bond donors (Lipinski definition) is 0. The summed E-state index contributed by atoms with van der Waals surface area (Å²) in [5.74, 6) is 1.11. The topological polar surface area (TPSA) is 41.0 Å². The van der Waals surface area contributed by atoms with Gasteiger partial charge in [0.2, 0.25) is 0 Å². The van der Waals surface area contributed by atoms with Gasteiger partial charge in [-0.2, -0.15) is 0 Å². The van der Waals surface area contributed by atoms with Gasteiger partial charge in [0.05, 0.1) is 31.1 Å². The van der Waals surface area contributed by atoms with E-state index in [1.807, 2.05) is 18.3 Å². The molecule has 2 saturated heterocycles. The first-order valence-electron chi connectivity index (χ1n) is 9.90. The van der Waals surface area contributed by atoms with Gasteiger partial charge < -0.3 is 9.64 Å². The summed E-state index contributed by atoms with van der Waals surface area (Å²) in [5.41, 5.74) is 2.32. The fourth-order valence-corrected chi connectivity index (χ4v) is 4.45. The lowest BCUT2D eigenvalue weighted by Crippen LogP contribution is -2.56. The molecule has 0 aromatic carbocycles. The van der Waals surface area contributed by atoms with Crippen LogP contribution in [0.15, 0.2) is 34.4 Å². The molecule has 3 aliphatic rings. The van der Waals surface area contributed by atoms with Gasteiger partial charge in [0.1, 0.15) is 0 Å². The smallest absolute Gasteiger partial charge is 0.152 e. The lowest BCUT2D eigenvalue weighted by Gasteiger charge is -2.43. The van der Waals surface area contributed by atoms with E-state index in [9.17, 15) is 0 Å². The zero-order valence-corrected chi connectivity index (χ0v) is 17.2. The van der Waals surface area contributed by atoms with Crippen molar-refractivity contribution in [2.75, 3.05) is 44.3 Å². The van der Waals surface area contributed by atoms with E-state index in [4.69, 9.17) is 21.3 Å². The van der Waals surface area contributed by atoms with Crippen LogP contribution in [0.2, 0.25) is 0 Å². The Balaban J connectivity index is 1.43. The predicted octanol–water partition coefficient (Wildman–Crippen LogP) is 3.86. The van der Waals surface area contributed by atoms with Crippen molar-refractivity contribution in [2.24, 2.45) is 16.3 Å². The first-order valence-corrected chi connectivity index (χ1v) is 10.3. The first kappa shape index (κ1) is 18.9. The summed E-state index contributed by atoms with van der Waals surface area (Å²) < 4.78 is 5.31. The zero-order chi connectivity index (χ0) is 19.0. The van der Waals surface area contributed by atoms with E-state index in [0.717, 1.165) is 62.4 Å². The maximum Gasteiger partial charge on any atom is 0.152 e. The molecule has 6 heteroatoms. The van der Waals surface area contributed by atoms with Crippen molar-refractivity contribution in [3.8, 4) is 0 Å². The summed E-state index contributed by atoms with van der Waals surface area (Å²) in [4.78, 5) is 14.3. The number of rotatable bonds is 3. The molecule has 3 heterocycles. The van der Waals surface area contributed by atoms with Gasteiger partial charge in [-0.15, -0.1) is 0 Å². The molecule has 5 nitrogen and oxygen atoms in total. The SMILES string of the molecule is CC1C(=Nc2ccc(N3CCN(C4COC4)CC3)cn2)C=C(Cl)CC1(C)C. The summed E-state index contributed by atoms with van der Waals surface area (Å²) in [5, 5.41) is 0.878. The monoisotopic (exact) mass is 388 g/mol. The van der Waals surface area contributed by atoms with Crippen molar-refractivity contribution in [3.05, 3.63) is 29.4 Å². The van der Waals surface area contributed by atoms with Crippen LogP contribution in [0.1, 0.15) is 27.2 Å². The largest absolute Gasteiger partial charge is 0.378 e. The van der Waals surface area contributed by atoms with Gasteiger partial charge in [-0.05, 0) is 30.0 Å². The average Bonchev–Trinajstić information content (AvgIpc) is 2.59. The molecular weight excluding hydrogens is 360 g/mol. The van der Waals surface area contributed by atoms with Gasteiger partial charge in [-0.25, -0.2) is 9.98 Å². The van der Waals surface area contributed by atoms with Crippen LogP contribution in [-0.4, -0.2) is 61.0 Å². The van der Waals surface area contributed by atoms with Crippen molar-refractivity contribution in [2.45, 2.75) is 33.2 Å². The molecule has 0 saturated carbocycles. The summed E-state index contributed by atoms with van der Waals surface area (Å²) in [6.07, 6.45) is 4.86. The number of aliphatic imine (C=N–C) groups is 1. The van der Waals surface area contributed by atoms with Gasteiger partial charge in [-0.3, -0.25) is 4.90 Å². The average molecular weight is 389 g/mol. The quantitative estimate of drug-likeness (QED) is 0.788. The fourth-order valence-electron chi connectivity index (χ4n) is 4.00. The number of aromatic nitrogens is 1. The lowest BCUT2D eigenvalue weighted by molar-refractivity contribution is -0.0660. The van der Waals surface area contributed by atoms with Gasteiger partial charge in [0.25, 0.3) is 0 Å². The highest BCUT2D eigenvalue weighted by Gasteiger charge is 2.33. The number of hydrogen-bond acceptors (Lipinski definition) is 5.